The van der Waals surface area contributed by atoms with E-state index in [0.29, 0.717) is 0 Å². The van der Waals surface area contributed by atoms with Gasteiger partial charge in [0.05, 0.1) is 6.54 Å². The minimum absolute atomic E-state index is 0. The van der Waals surface area contributed by atoms with E-state index in [1.54, 1.807) is 7.05 Å². The van der Waals surface area contributed by atoms with Crippen molar-refractivity contribution in [1.82, 2.24) is 5.32 Å². The maximum absolute atomic E-state index is 9.54. The van der Waals surface area contributed by atoms with Crippen LogP contribution >= 0.6 is 0 Å². The Morgan fingerprint density at radius 3 is 1.10 bits per heavy atom. The Bertz CT molecular complexity index is 225. The van der Waals surface area contributed by atoms with E-state index in [1.165, 1.54) is 0 Å². The molecule has 0 aliphatic rings. The predicted molar refractivity (Wildman–Crippen MR) is 52.5 cm³/mol. The van der Waals surface area contributed by atoms with Crippen LogP contribution in [0.4, 0.5) is 4.79 Å². The Morgan fingerprint density at radius 1 is 0.952 bits per heavy atom. The first-order valence-corrected chi connectivity index (χ1v) is 4.15. The molecule has 0 atom stereocenters. The number of hydrogen-bond donors (Lipinski definition) is 3. The quantitative estimate of drug-likeness (QED) is 0.410. The number of carbonyl (C=O) groups excluding carboxylic acids is 3. The minimum Gasteiger partial charge on any atom is -0.550 e. The Morgan fingerprint density at radius 2 is 1.10 bits per heavy atom. The first-order valence-electron chi connectivity index (χ1n) is 4.15. The van der Waals surface area contributed by atoms with Crippen molar-refractivity contribution in [1.29, 1.82) is 0 Å². The van der Waals surface area contributed by atoms with Gasteiger partial charge in [-0.25, -0.2) is 0 Å². The molecule has 108 valence electrons. The van der Waals surface area contributed by atoms with E-state index in [-0.39, 0.29) is 95.2 Å². The molecule has 21 heavy (non-hydrogen) atoms. The second kappa shape index (κ2) is 37.1. The molecule has 13 heteroatoms. The van der Waals surface area contributed by atoms with Gasteiger partial charge in [-0.1, -0.05) is 0 Å². The Hall–Kier alpha value is 0.640. The summed E-state index contributed by atoms with van der Waals surface area (Å²) in [6.07, 6.45) is -1.58. The van der Waals surface area contributed by atoms with Crippen LogP contribution < -0.4 is 115 Å². The number of aliphatic carboxylic acids is 3. The number of hydrogen-bond acceptors (Lipinski definition) is 8. The SMILES string of the molecule is CC(=O)[O-].CC(=O)[O-].CNCC(=O)O.NC(=O)[O-].[Na+].[Na+].[Na+]. The van der Waals surface area contributed by atoms with Crippen molar-refractivity contribution in [3.05, 3.63) is 0 Å². The molecule has 0 aliphatic carbocycles. The number of likely N-dealkylation sites (N-methyl/N-ethyl adjacent to an activating group) is 1. The molecule has 0 aromatic carbocycles. The molecular weight excluding hydrogens is 321 g/mol. The van der Waals surface area contributed by atoms with Gasteiger partial charge in [-0.2, -0.15) is 0 Å². The number of amides is 1. The fourth-order valence-corrected chi connectivity index (χ4v) is 0.151. The molecule has 0 saturated heterocycles. The van der Waals surface area contributed by atoms with Crippen molar-refractivity contribution in [2.75, 3.05) is 13.6 Å². The van der Waals surface area contributed by atoms with E-state index in [0.717, 1.165) is 13.8 Å². The van der Waals surface area contributed by atoms with E-state index in [9.17, 15) is 4.79 Å². The molecule has 0 aromatic rings. The van der Waals surface area contributed by atoms with Crippen LogP contribution in [0.25, 0.3) is 0 Å². The van der Waals surface area contributed by atoms with Crippen molar-refractivity contribution in [3.63, 3.8) is 0 Å². The first kappa shape index (κ1) is 43.0. The second-order valence-corrected chi connectivity index (χ2v) is 2.23. The zero-order chi connectivity index (χ0) is 15.7. The zero-order valence-corrected chi connectivity index (χ0v) is 19.1. The molecule has 0 bridgehead atoms. The van der Waals surface area contributed by atoms with Crippen LogP contribution in [0.1, 0.15) is 13.8 Å². The fourth-order valence-electron chi connectivity index (χ4n) is 0.151. The van der Waals surface area contributed by atoms with Crippen LogP contribution in [0.5, 0.6) is 0 Å². The van der Waals surface area contributed by atoms with Gasteiger partial charge in [0, 0.05) is 11.9 Å². The third-order valence-electron chi connectivity index (χ3n) is 0.328. The van der Waals surface area contributed by atoms with Crippen LogP contribution in [0, 0.1) is 0 Å². The third-order valence-corrected chi connectivity index (χ3v) is 0.328. The number of carbonyl (C=O) groups is 4. The summed E-state index contributed by atoms with van der Waals surface area (Å²) in [6, 6.07) is 0. The largest absolute Gasteiger partial charge is 1.00 e. The number of primary amides is 1. The summed E-state index contributed by atoms with van der Waals surface area (Å²) in [7, 11) is 1.59. The average Bonchev–Trinajstić information content (AvgIpc) is 1.98. The average molecular weight is 336 g/mol. The Kier molecular flexibility index (Phi) is 76.1. The molecule has 1 amide bonds. The summed E-state index contributed by atoms with van der Waals surface area (Å²) < 4.78 is 0. The van der Waals surface area contributed by atoms with Gasteiger partial charge in [0.1, 0.15) is 6.09 Å². The summed E-state index contributed by atoms with van der Waals surface area (Å²) in [4.78, 5) is 36.0. The molecule has 0 saturated carbocycles. The molecule has 0 spiro atoms. The number of rotatable bonds is 2. The van der Waals surface area contributed by atoms with Gasteiger partial charge in [0.2, 0.25) is 0 Å². The predicted octanol–water partition coefficient (Wildman–Crippen LogP) is -13.9. The van der Waals surface area contributed by atoms with E-state index >= 15 is 0 Å². The minimum atomic E-state index is -1.58. The maximum atomic E-state index is 9.54. The number of carboxylic acid groups (broad SMARTS) is 4. The summed E-state index contributed by atoms with van der Waals surface area (Å²) in [5, 5.41) is 36.8. The van der Waals surface area contributed by atoms with Crippen LogP contribution in [-0.4, -0.2) is 42.7 Å². The Labute approximate surface area is 188 Å². The van der Waals surface area contributed by atoms with Gasteiger partial charge in [0.15, 0.2) is 0 Å². The van der Waals surface area contributed by atoms with Gasteiger partial charge < -0.3 is 45.9 Å². The van der Waals surface area contributed by atoms with E-state index in [1.807, 2.05) is 0 Å². The summed E-state index contributed by atoms with van der Waals surface area (Å²) >= 11 is 0. The summed E-state index contributed by atoms with van der Waals surface area (Å²) in [6.45, 7) is 1.99. The topological polar surface area (TPSA) is 196 Å². The molecule has 0 unspecified atom stereocenters. The van der Waals surface area contributed by atoms with Crippen LogP contribution in [0.2, 0.25) is 0 Å². The van der Waals surface area contributed by atoms with Crippen molar-refractivity contribution >= 4 is 24.0 Å². The van der Waals surface area contributed by atoms with E-state index in [4.69, 9.17) is 34.8 Å². The van der Waals surface area contributed by atoms with Gasteiger partial charge in [0.25, 0.3) is 0 Å². The van der Waals surface area contributed by atoms with Gasteiger partial charge in [-0.15, -0.1) is 0 Å². The smallest absolute Gasteiger partial charge is 0.550 e. The van der Waals surface area contributed by atoms with Gasteiger partial charge in [-0.05, 0) is 20.9 Å². The van der Waals surface area contributed by atoms with Crippen LogP contribution in [0.15, 0.2) is 0 Å². The normalized spacial score (nSPS) is 5.86. The molecule has 4 N–H and O–H groups in total. The number of carboxylic acids is 3. The van der Waals surface area contributed by atoms with Crippen LogP contribution in [0.3, 0.4) is 0 Å². The molecule has 0 aliphatic heterocycles. The fraction of sp³-hybridized carbons (Fsp3) is 0.500. The molecule has 0 rings (SSSR count). The van der Waals surface area contributed by atoms with E-state index in [2.05, 4.69) is 11.1 Å². The maximum Gasteiger partial charge on any atom is 1.00 e. The summed E-state index contributed by atoms with van der Waals surface area (Å²) in [5.74, 6) is -2.99. The first-order chi connectivity index (χ1) is 7.97. The van der Waals surface area contributed by atoms with Crippen molar-refractivity contribution in [3.8, 4) is 0 Å². The standard InChI is InChI=1S/C3H7NO2.2C2H4O2.CH3NO2.3Na/c1-4-2-3(5)6;2*1-2(3)4;2-1(3)4;;;/h4H,2H2,1H3,(H,5,6);2*1H3,(H,3,4);2H2,(H,3,4);;;/q;;;;3*+1/p-3. The molecule has 0 aromatic heterocycles. The molecule has 0 radical (unpaired) electrons. The number of nitrogens with one attached hydrogen (secondary N) is 1. The number of nitrogens with two attached hydrogens (primary N) is 1. The summed E-state index contributed by atoms with van der Waals surface area (Å²) in [5.41, 5.74) is 3.92. The molecule has 0 fully saturated rings. The van der Waals surface area contributed by atoms with Gasteiger partial charge >= 0.3 is 94.6 Å². The zero-order valence-electron chi connectivity index (χ0n) is 13.1. The second-order valence-electron chi connectivity index (χ2n) is 2.23. The third kappa shape index (κ3) is 541. The molecule has 0 heterocycles. The van der Waals surface area contributed by atoms with Crippen molar-refractivity contribution in [2.24, 2.45) is 5.73 Å². The van der Waals surface area contributed by atoms with Crippen molar-refractivity contribution in [2.45, 2.75) is 13.8 Å². The van der Waals surface area contributed by atoms with Gasteiger partial charge in [-0.3, -0.25) is 4.79 Å². The van der Waals surface area contributed by atoms with E-state index < -0.39 is 24.0 Å². The monoisotopic (exact) mass is 336 g/mol. The Balaban J connectivity index is -0.0000000242. The molecule has 10 nitrogen and oxygen atoms in total. The van der Waals surface area contributed by atoms with Crippen LogP contribution in [-0.2, 0) is 14.4 Å². The van der Waals surface area contributed by atoms with Crippen molar-refractivity contribution < 1.29 is 128 Å². The molecular formula is C8H15N2Na3O8.